The second-order valence-electron chi connectivity index (χ2n) is 2.49. The molecule has 0 atom stereocenters. The fraction of sp³-hybridized carbons (Fsp3) is 0. The molecule has 0 unspecified atom stereocenters. The Hall–Kier alpha value is -1.57. The Balaban J connectivity index is 0. The molecule has 1 heterocycles. The maximum absolute atomic E-state index is 6.75. The van der Waals surface area contributed by atoms with Crippen LogP contribution < -0.4 is 0 Å². The van der Waals surface area contributed by atoms with Crippen LogP contribution in [0.5, 0.6) is 0 Å². The predicted octanol–water partition coefficient (Wildman–Crippen LogP) is 3.41. The second kappa shape index (κ2) is 12.5. The van der Waals surface area contributed by atoms with E-state index in [2.05, 4.69) is 30.9 Å². The van der Waals surface area contributed by atoms with Gasteiger partial charge in [-0.15, -0.1) is 35.9 Å². The zero-order chi connectivity index (χ0) is 12.2. The molecule has 0 saturated heterocycles. The van der Waals surface area contributed by atoms with E-state index < -0.39 is 0 Å². The smallest absolute Gasteiger partial charge is 0.817 e. The number of hydrogen-bond acceptors (Lipinski definition) is 1. The van der Waals surface area contributed by atoms with E-state index >= 15 is 0 Å². The van der Waals surface area contributed by atoms with Crippen LogP contribution in [0.1, 0.15) is 0 Å². The maximum atomic E-state index is 6.75. The minimum atomic E-state index is 0. The molecule has 0 spiro atoms. The quantitative estimate of drug-likeness (QED) is 0.533. The number of hydrogen-bond donors (Lipinski definition) is 0. The Kier molecular flexibility index (Phi) is 13.1. The van der Waals surface area contributed by atoms with Gasteiger partial charge in [0.1, 0.15) is 0 Å². The van der Waals surface area contributed by atoms with Crippen molar-refractivity contribution in [2.75, 3.05) is 0 Å². The van der Waals surface area contributed by atoms with Crippen LogP contribution in [0, 0.1) is 12.6 Å². The summed E-state index contributed by atoms with van der Waals surface area (Å²) in [5, 5.41) is 6.75. The van der Waals surface area contributed by atoms with Crippen LogP contribution >= 0.6 is 0 Å². The van der Waals surface area contributed by atoms with Crippen LogP contribution in [0.4, 0.5) is 0 Å². The first-order valence-corrected chi connectivity index (χ1v) is 4.57. The minimum Gasteiger partial charge on any atom is -0.817 e. The third kappa shape index (κ3) is 6.56. The maximum Gasteiger partial charge on any atom is 3.00 e. The first-order valence-electron chi connectivity index (χ1n) is 4.57. The van der Waals surface area contributed by atoms with Crippen molar-refractivity contribution in [1.29, 1.82) is 0 Å². The van der Waals surface area contributed by atoms with E-state index in [4.69, 9.17) is 5.41 Å². The van der Waals surface area contributed by atoms with Gasteiger partial charge in [0.15, 0.2) is 0 Å². The average molecular weight is 401 g/mol. The molecule has 0 aliphatic heterocycles. The predicted molar refractivity (Wildman–Crippen MR) is 68.9 cm³/mol. The Bertz CT molecular complexity index is 336. The third-order valence-corrected chi connectivity index (χ3v) is 1.65. The van der Waals surface area contributed by atoms with Crippen LogP contribution in [0.25, 0.3) is 16.7 Å². The van der Waals surface area contributed by atoms with Gasteiger partial charge in [0.2, 0.25) is 0 Å². The van der Waals surface area contributed by atoms with Gasteiger partial charge in [0, 0.05) is 6.20 Å². The van der Waals surface area contributed by atoms with E-state index in [0.717, 1.165) is 11.3 Å². The summed E-state index contributed by atoms with van der Waals surface area (Å²) in [5.41, 5.74) is 2.01. The van der Waals surface area contributed by atoms with Gasteiger partial charge in [0.05, 0.1) is 0 Å². The van der Waals surface area contributed by atoms with Crippen molar-refractivity contribution in [2.24, 2.45) is 0 Å². The van der Waals surface area contributed by atoms with E-state index in [1.165, 1.54) is 0 Å². The first-order chi connectivity index (χ1) is 7.97. The zero-order valence-electron chi connectivity index (χ0n) is 9.34. The van der Waals surface area contributed by atoms with Gasteiger partial charge in [-0.3, -0.25) is 6.58 Å². The van der Waals surface area contributed by atoms with Crippen molar-refractivity contribution in [3.63, 3.8) is 0 Å². The van der Waals surface area contributed by atoms with Gasteiger partial charge in [-0.2, -0.15) is 0 Å². The van der Waals surface area contributed by atoms with E-state index in [1.54, 1.807) is 6.20 Å². The molecule has 3 heteroatoms. The van der Waals surface area contributed by atoms with E-state index in [9.17, 15) is 0 Å². The topological polar surface area (TPSA) is 35.2 Å². The van der Waals surface area contributed by atoms with Gasteiger partial charge in [-0.05, 0) is 11.8 Å². The van der Waals surface area contributed by atoms with Gasteiger partial charge in [-0.1, -0.05) is 12.1 Å². The Morgan fingerprint density at radius 3 is 2.18 bits per heavy atom. The molecular formula is C14H13IrN2. The zero-order valence-corrected chi connectivity index (χ0v) is 11.7. The van der Waals surface area contributed by atoms with Crippen LogP contribution in [-0.2, 0) is 20.1 Å². The van der Waals surface area contributed by atoms with E-state index in [-0.39, 0.29) is 20.1 Å². The largest absolute Gasteiger partial charge is 3.00 e. The summed E-state index contributed by atoms with van der Waals surface area (Å²) >= 11 is 0. The van der Waals surface area contributed by atoms with Gasteiger partial charge in [-0.25, -0.2) is 6.72 Å². The molecule has 1 aromatic heterocycles. The van der Waals surface area contributed by atoms with Gasteiger partial charge >= 0.3 is 20.1 Å². The third-order valence-electron chi connectivity index (χ3n) is 1.65. The molecule has 0 aliphatic carbocycles. The molecule has 0 fully saturated rings. The molecule has 88 valence electrons. The fourth-order valence-electron chi connectivity index (χ4n) is 1.07. The Labute approximate surface area is 116 Å². The van der Waals surface area contributed by atoms with Crippen molar-refractivity contribution < 1.29 is 20.1 Å². The molecule has 2 aromatic rings. The van der Waals surface area contributed by atoms with E-state index in [1.807, 2.05) is 42.5 Å². The van der Waals surface area contributed by atoms with Crippen molar-refractivity contribution in [3.8, 4) is 11.3 Å². The summed E-state index contributed by atoms with van der Waals surface area (Å²) < 4.78 is 0. The normalized spacial score (nSPS) is 7.29. The minimum absolute atomic E-state index is 0. The van der Waals surface area contributed by atoms with Crippen LogP contribution in [0.3, 0.4) is 0 Å². The number of rotatable bonds is 1. The molecule has 0 bridgehead atoms. The Morgan fingerprint density at radius 1 is 1.06 bits per heavy atom. The molecule has 0 aliphatic rings. The molecule has 0 amide bonds. The second-order valence-corrected chi connectivity index (χ2v) is 2.49. The number of nitrogens with zero attached hydrogens (tertiary/aromatic N) is 2. The molecule has 2 nitrogen and oxygen atoms in total. The summed E-state index contributed by atoms with van der Waals surface area (Å²) in [4.78, 5) is 4.22. The number of benzene rings is 1. The van der Waals surface area contributed by atoms with Crippen LogP contribution in [0.2, 0.25) is 0 Å². The van der Waals surface area contributed by atoms with Crippen molar-refractivity contribution in [1.82, 2.24) is 4.98 Å². The number of aromatic nitrogens is 1. The molecule has 17 heavy (non-hydrogen) atoms. The van der Waals surface area contributed by atoms with E-state index in [0.29, 0.717) is 0 Å². The molecule has 0 radical (unpaired) electrons. The van der Waals surface area contributed by atoms with Crippen molar-refractivity contribution >= 4 is 6.72 Å². The van der Waals surface area contributed by atoms with Crippen LogP contribution in [0.15, 0.2) is 55.2 Å². The summed E-state index contributed by atoms with van der Waals surface area (Å²) in [6, 6.07) is 16.8. The molecule has 1 aromatic carbocycles. The van der Waals surface area contributed by atoms with Crippen molar-refractivity contribution in [3.05, 3.63) is 73.3 Å². The Morgan fingerprint density at radius 2 is 1.71 bits per heavy atom. The monoisotopic (exact) mass is 402 g/mol. The van der Waals surface area contributed by atoms with Crippen LogP contribution in [-0.4, -0.2) is 11.7 Å². The molecular weight excluding hydrogens is 388 g/mol. The number of pyridine rings is 1. The summed E-state index contributed by atoms with van der Waals surface area (Å²) in [7, 11) is 0. The van der Waals surface area contributed by atoms with Gasteiger partial charge < -0.3 is 17.0 Å². The summed E-state index contributed by atoms with van der Waals surface area (Å²) in [6.45, 7) is 9.25. The summed E-state index contributed by atoms with van der Waals surface area (Å²) in [6.07, 6.45) is 1.79. The standard InChI is InChI=1S/C11H8N.C2H3.CH2N.Ir/c1-2-6-10(7-3-1)11-8-4-5-9-12-11;2*1-2;/h1-6,8-9H;1H,2H2;1H2;/q3*-1;+3. The SMILES string of the molecule is C=[N-].[CH-]=C.[Ir+3].[c-]1ccccc1-c1ccccn1. The first kappa shape index (κ1) is 17.8. The molecule has 2 rings (SSSR count). The fourth-order valence-corrected chi connectivity index (χ4v) is 1.07. The molecule has 0 N–H and O–H groups in total. The van der Waals surface area contributed by atoms with Crippen molar-refractivity contribution in [2.45, 2.75) is 0 Å². The summed E-state index contributed by atoms with van der Waals surface area (Å²) in [5.74, 6) is 0. The van der Waals surface area contributed by atoms with Gasteiger partial charge in [0.25, 0.3) is 0 Å². The molecule has 0 saturated carbocycles. The average Bonchev–Trinajstić information content (AvgIpc) is 2.45.